The number of nitrogens with zero attached hydrogens (tertiary/aromatic N) is 2. The highest BCUT2D eigenvalue weighted by molar-refractivity contribution is 5.03. The third-order valence-electron chi connectivity index (χ3n) is 2.53. The molecule has 0 amide bonds. The van der Waals surface area contributed by atoms with E-state index in [4.69, 9.17) is 0 Å². The van der Waals surface area contributed by atoms with E-state index < -0.39 is 0 Å². The molecule has 0 aliphatic carbocycles. The second-order valence-corrected chi connectivity index (χ2v) is 4.85. The molecule has 1 N–H and O–H groups in total. The molecule has 0 atom stereocenters. The van der Waals surface area contributed by atoms with Crippen LogP contribution in [-0.2, 0) is 13.1 Å². The van der Waals surface area contributed by atoms with Crippen LogP contribution in [-0.4, -0.2) is 16.3 Å². The van der Waals surface area contributed by atoms with Gasteiger partial charge in [0.25, 0.3) is 0 Å². The summed E-state index contributed by atoms with van der Waals surface area (Å²) < 4.78 is 2.04. The molecule has 0 aliphatic heterocycles. The molecule has 1 rings (SSSR count). The minimum atomic E-state index is 0.658. The van der Waals surface area contributed by atoms with E-state index in [2.05, 4.69) is 37.4 Å². The average molecular weight is 223 g/mol. The number of rotatable bonds is 8. The SMILES string of the molecule is CCCCCNCc1cnn(CC(C)C)c1. The zero-order valence-electron chi connectivity index (χ0n) is 10.9. The van der Waals surface area contributed by atoms with Gasteiger partial charge < -0.3 is 5.32 Å². The van der Waals surface area contributed by atoms with Crippen LogP contribution in [0.5, 0.6) is 0 Å². The Morgan fingerprint density at radius 1 is 1.38 bits per heavy atom. The summed E-state index contributed by atoms with van der Waals surface area (Å²) in [6, 6.07) is 0. The lowest BCUT2D eigenvalue weighted by molar-refractivity contribution is 0.482. The first-order valence-electron chi connectivity index (χ1n) is 6.44. The lowest BCUT2D eigenvalue weighted by Crippen LogP contribution is -2.14. The first-order valence-corrected chi connectivity index (χ1v) is 6.44. The first kappa shape index (κ1) is 13.2. The average Bonchev–Trinajstić information content (AvgIpc) is 2.64. The Labute approximate surface area is 99.2 Å². The van der Waals surface area contributed by atoms with E-state index in [1.807, 2.05) is 10.9 Å². The minimum Gasteiger partial charge on any atom is -0.313 e. The number of nitrogens with one attached hydrogen (secondary N) is 1. The molecule has 0 spiro atoms. The predicted molar refractivity (Wildman–Crippen MR) is 68.3 cm³/mol. The van der Waals surface area contributed by atoms with Crippen LogP contribution in [0.4, 0.5) is 0 Å². The maximum atomic E-state index is 4.35. The molecule has 1 aromatic heterocycles. The van der Waals surface area contributed by atoms with Gasteiger partial charge in [0.2, 0.25) is 0 Å². The Hall–Kier alpha value is -0.830. The van der Waals surface area contributed by atoms with E-state index in [9.17, 15) is 0 Å². The van der Waals surface area contributed by atoms with E-state index >= 15 is 0 Å². The van der Waals surface area contributed by atoms with Gasteiger partial charge in [0.05, 0.1) is 6.20 Å². The predicted octanol–water partition coefficient (Wildman–Crippen LogP) is 2.82. The van der Waals surface area contributed by atoms with Crippen molar-refractivity contribution in [3.05, 3.63) is 18.0 Å². The smallest absolute Gasteiger partial charge is 0.0534 e. The summed E-state index contributed by atoms with van der Waals surface area (Å²) in [5.41, 5.74) is 1.29. The molecule has 16 heavy (non-hydrogen) atoms. The van der Waals surface area contributed by atoms with Gasteiger partial charge in [-0.2, -0.15) is 5.10 Å². The second-order valence-electron chi connectivity index (χ2n) is 4.85. The summed E-state index contributed by atoms with van der Waals surface area (Å²) in [4.78, 5) is 0. The van der Waals surface area contributed by atoms with Gasteiger partial charge in [-0.15, -0.1) is 0 Å². The third-order valence-corrected chi connectivity index (χ3v) is 2.53. The third kappa shape index (κ3) is 5.31. The Morgan fingerprint density at radius 2 is 2.19 bits per heavy atom. The van der Waals surface area contributed by atoms with E-state index in [1.54, 1.807) is 0 Å². The normalized spacial score (nSPS) is 11.2. The van der Waals surface area contributed by atoms with Crippen molar-refractivity contribution in [2.24, 2.45) is 5.92 Å². The van der Waals surface area contributed by atoms with Crippen LogP contribution >= 0.6 is 0 Å². The zero-order chi connectivity index (χ0) is 11.8. The lowest BCUT2D eigenvalue weighted by Gasteiger charge is -2.04. The maximum Gasteiger partial charge on any atom is 0.0534 e. The number of aromatic nitrogens is 2. The van der Waals surface area contributed by atoms with Crippen LogP contribution in [0, 0.1) is 5.92 Å². The van der Waals surface area contributed by atoms with E-state index in [0.717, 1.165) is 19.6 Å². The Kier molecular flexibility index (Phi) is 6.16. The molecule has 92 valence electrons. The second kappa shape index (κ2) is 7.44. The molecule has 0 saturated carbocycles. The number of unbranched alkanes of at least 4 members (excludes halogenated alkanes) is 2. The standard InChI is InChI=1S/C13H25N3/c1-4-5-6-7-14-8-13-9-15-16(11-13)10-12(2)3/h9,11-12,14H,4-8,10H2,1-3H3. The van der Waals surface area contributed by atoms with Crippen molar-refractivity contribution in [2.45, 2.75) is 53.1 Å². The van der Waals surface area contributed by atoms with Gasteiger partial charge in [0, 0.05) is 24.8 Å². The van der Waals surface area contributed by atoms with E-state index in [0.29, 0.717) is 5.92 Å². The quantitative estimate of drug-likeness (QED) is 0.687. The number of hydrogen-bond acceptors (Lipinski definition) is 2. The number of hydrogen-bond donors (Lipinski definition) is 1. The van der Waals surface area contributed by atoms with E-state index in [1.165, 1.54) is 24.8 Å². The van der Waals surface area contributed by atoms with Gasteiger partial charge in [0.1, 0.15) is 0 Å². The molecular weight excluding hydrogens is 198 g/mol. The summed E-state index contributed by atoms with van der Waals surface area (Å²) in [6.07, 6.45) is 7.99. The fraction of sp³-hybridized carbons (Fsp3) is 0.769. The van der Waals surface area contributed by atoms with E-state index in [-0.39, 0.29) is 0 Å². The first-order chi connectivity index (χ1) is 7.72. The molecule has 3 heteroatoms. The van der Waals surface area contributed by atoms with Gasteiger partial charge in [-0.05, 0) is 18.9 Å². The summed E-state index contributed by atoms with van der Waals surface area (Å²) in [6.45, 7) is 9.73. The Morgan fingerprint density at radius 3 is 2.88 bits per heavy atom. The van der Waals surface area contributed by atoms with Crippen molar-refractivity contribution in [3.63, 3.8) is 0 Å². The van der Waals surface area contributed by atoms with Crippen molar-refractivity contribution in [1.82, 2.24) is 15.1 Å². The molecule has 1 heterocycles. The topological polar surface area (TPSA) is 29.9 Å². The van der Waals surface area contributed by atoms with Crippen molar-refractivity contribution >= 4 is 0 Å². The molecule has 0 fully saturated rings. The Balaban J connectivity index is 2.19. The van der Waals surface area contributed by atoms with Crippen LogP contribution in [0.25, 0.3) is 0 Å². The van der Waals surface area contributed by atoms with Crippen LogP contribution in [0.15, 0.2) is 12.4 Å². The van der Waals surface area contributed by atoms with Crippen LogP contribution in [0.2, 0.25) is 0 Å². The summed E-state index contributed by atoms with van der Waals surface area (Å²) >= 11 is 0. The zero-order valence-corrected chi connectivity index (χ0v) is 10.9. The molecule has 0 bridgehead atoms. The fourth-order valence-electron chi connectivity index (χ4n) is 1.70. The molecule has 0 saturated heterocycles. The summed E-state index contributed by atoms with van der Waals surface area (Å²) in [5, 5.41) is 7.80. The van der Waals surface area contributed by atoms with Gasteiger partial charge in [-0.25, -0.2) is 0 Å². The molecular formula is C13H25N3. The van der Waals surface area contributed by atoms with Crippen molar-refractivity contribution < 1.29 is 0 Å². The maximum absolute atomic E-state index is 4.35. The lowest BCUT2D eigenvalue weighted by atomic mass is 10.2. The minimum absolute atomic E-state index is 0.658. The van der Waals surface area contributed by atoms with Crippen molar-refractivity contribution in [3.8, 4) is 0 Å². The van der Waals surface area contributed by atoms with Crippen molar-refractivity contribution in [1.29, 1.82) is 0 Å². The molecule has 0 aliphatic rings. The van der Waals surface area contributed by atoms with Crippen LogP contribution < -0.4 is 5.32 Å². The highest BCUT2D eigenvalue weighted by Crippen LogP contribution is 2.02. The highest BCUT2D eigenvalue weighted by atomic mass is 15.3. The Bertz CT molecular complexity index is 278. The summed E-state index contributed by atoms with van der Waals surface area (Å²) in [5.74, 6) is 0.658. The van der Waals surface area contributed by atoms with Gasteiger partial charge >= 0.3 is 0 Å². The van der Waals surface area contributed by atoms with Crippen LogP contribution in [0.3, 0.4) is 0 Å². The van der Waals surface area contributed by atoms with Gasteiger partial charge in [-0.1, -0.05) is 33.6 Å². The van der Waals surface area contributed by atoms with Crippen LogP contribution in [0.1, 0.15) is 45.6 Å². The molecule has 0 radical (unpaired) electrons. The largest absolute Gasteiger partial charge is 0.313 e. The highest BCUT2D eigenvalue weighted by Gasteiger charge is 2.00. The fourth-order valence-corrected chi connectivity index (χ4v) is 1.70. The summed E-state index contributed by atoms with van der Waals surface area (Å²) in [7, 11) is 0. The van der Waals surface area contributed by atoms with Gasteiger partial charge in [-0.3, -0.25) is 4.68 Å². The van der Waals surface area contributed by atoms with Gasteiger partial charge in [0.15, 0.2) is 0 Å². The molecule has 0 unspecified atom stereocenters. The molecule has 3 nitrogen and oxygen atoms in total. The monoisotopic (exact) mass is 223 g/mol. The van der Waals surface area contributed by atoms with Crippen molar-refractivity contribution in [2.75, 3.05) is 6.54 Å². The molecule has 1 aromatic rings. The molecule has 0 aromatic carbocycles.